The van der Waals surface area contributed by atoms with E-state index in [9.17, 15) is 0 Å². The normalized spacial score (nSPS) is 13.8. The van der Waals surface area contributed by atoms with E-state index in [-0.39, 0.29) is 0 Å². The second-order valence-corrected chi connectivity index (χ2v) is 5.40. The van der Waals surface area contributed by atoms with Gasteiger partial charge in [-0.2, -0.15) is 0 Å². The zero-order valence-electron chi connectivity index (χ0n) is 9.89. The molecule has 0 fully saturated rings. The summed E-state index contributed by atoms with van der Waals surface area (Å²) >= 11 is 1.85. The Morgan fingerprint density at radius 3 is 2.65 bits per heavy atom. The van der Waals surface area contributed by atoms with Crippen molar-refractivity contribution in [1.29, 1.82) is 0 Å². The number of rotatable bonds is 2. The number of benzene rings is 2. The van der Waals surface area contributed by atoms with Crippen LogP contribution >= 0.6 is 11.9 Å². The van der Waals surface area contributed by atoms with Crippen LogP contribution in [-0.2, 0) is 6.42 Å². The average Bonchev–Trinajstić information content (AvgIpc) is 2.76. The van der Waals surface area contributed by atoms with Crippen molar-refractivity contribution < 1.29 is 0 Å². The van der Waals surface area contributed by atoms with Crippen LogP contribution in [0, 0.1) is 6.92 Å². The van der Waals surface area contributed by atoms with Gasteiger partial charge in [0.15, 0.2) is 0 Å². The molecule has 17 heavy (non-hydrogen) atoms. The molecule has 0 atom stereocenters. The van der Waals surface area contributed by atoms with Crippen LogP contribution in [0.4, 0.5) is 5.69 Å². The molecule has 2 heteroatoms. The van der Waals surface area contributed by atoms with Crippen molar-refractivity contribution in [2.24, 2.45) is 0 Å². The number of fused-ring (bicyclic) bond motifs is 1. The van der Waals surface area contributed by atoms with Crippen molar-refractivity contribution in [3.63, 3.8) is 0 Å². The molecule has 0 N–H and O–H groups in total. The van der Waals surface area contributed by atoms with Crippen molar-refractivity contribution in [2.45, 2.75) is 18.2 Å². The quantitative estimate of drug-likeness (QED) is 0.729. The minimum atomic E-state index is 1.11. The van der Waals surface area contributed by atoms with Crippen molar-refractivity contribution in [3.8, 4) is 0 Å². The summed E-state index contributed by atoms with van der Waals surface area (Å²) in [4.78, 5) is 1.35. The SMILES string of the molecule is Cc1ccccc1SN1CCc2ccccc21. The molecule has 3 rings (SSSR count). The topological polar surface area (TPSA) is 3.24 Å². The number of aryl methyl sites for hydroxylation is 1. The Balaban J connectivity index is 1.87. The van der Waals surface area contributed by atoms with E-state index in [1.54, 1.807) is 0 Å². The number of anilines is 1. The van der Waals surface area contributed by atoms with E-state index < -0.39 is 0 Å². The maximum absolute atomic E-state index is 2.40. The predicted octanol–water partition coefficient (Wildman–Crippen LogP) is 4.06. The molecule has 86 valence electrons. The number of para-hydroxylation sites is 1. The molecule has 0 bridgehead atoms. The van der Waals surface area contributed by atoms with Gasteiger partial charge in [-0.25, -0.2) is 0 Å². The lowest BCUT2D eigenvalue weighted by atomic mass is 10.2. The van der Waals surface area contributed by atoms with Gasteiger partial charge in [0.1, 0.15) is 0 Å². The number of hydrogen-bond acceptors (Lipinski definition) is 2. The molecule has 0 aliphatic carbocycles. The van der Waals surface area contributed by atoms with Gasteiger partial charge in [-0.1, -0.05) is 36.4 Å². The highest BCUT2D eigenvalue weighted by atomic mass is 32.2. The van der Waals surface area contributed by atoms with Gasteiger partial charge in [0, 0.05) is 11.4 Å². The van der Waals surface area contributed by atoms with Crippen LogP contribution in [0.25, 0.3) is 0 Å². The van der Waals surface area contributed by atoms with E-state index in [1.807, 2.05) is 11.9 Å². The summed E-state index contributed by atoms with van der Waals surface area (Å²) in [5, 5.41) is 0. The minimum Gasteiger partial charge on any atom is -0.312 e. The van der Waals surface area contributed by atoms with E-state index in [0.717, 1.165) is 13.0 Å². The summed E-state index contributed by atoms with van der Waals surface area (Å²) in [6, 6.07) is 17.3. The Labute approximate surface area is 107 Å². The van der Waals surface area contributed by atoms with Crippen LogP contribution in [0.2, 0.25) is 0 Å². The third kappa shape index (κ3) is 2.05. The van der Waals surface area contributed by atoms with Gasteiger partial charge in [-0.05, 0) is 48.6 Å². The van der Waals surface area contributed by atoms with E-state index in [0.29, 0.717) is 0 Å². The summed E-state index contributed by atoms with van der Waals surface area (Å²) in [7, 11) is 0. The van der Waals surface area contributed by atoms with Crippen molar-refractivity contribution in [2.75, 3.05) is 10.8 Å². The summed E-state index contributed by atoms with van der Waals surface area (Å²) < 4.78 is 2.40. The van der Waals surface area contributed by atoms with Gasteiger partial charge in [0.05, 0.1) is 5.69 Å². The Hall–Kier alpha value is -1.41. The van der Waals surface area contributed by atoms with Crippen LogP contribution in [0.3, 0.4) is 0 Å². The largest absolute Gasteiger partial charge is 0.312 e. The second kappa shape index (κ2) is 4.46. The first-order chi connectivity index (χ1) is 8.34. The molecule has 0 spiro atoms. The third-order valence-corrected chi connectivity index (χ3v) is 4.40. The van der Waals surface area contributed by atoms with Crippen LogP contribution in [-0.4, -0.2) is 6.54 Å². The molecule has 0 aromatic heterocycles. The Bertz CT molecular complexity index is 536. The van der Waals surface area contributed by atoms with Gasteiger partial charge < -0.3 is 4.31 Å². The fourth-order valence-corrected chi connectivity index (χ4v) is 3.23. The molecule has 0 saturated heterocycles. The van der Waals surface area contributed by atoms with Gasteiger partial charge >= 0.3 is 0 Å². The minimum absolute atomic E-state index is 1.11. The first kappa shape index (κ1) is 10.7. The van der Waals surface area contributed by atoms with Gasteiger partial charge in [-0.15, -0.1) is 0 Å². The number of nitrogens with zero attached hydrogens (tertiary/aromatic N) is 1. The molecule has 0 amide bonds. The maximum Gasteiger partial charge on any atom is 0.0505 e. The molecule has 1 heterocycles. The highest BCUT2D eigenvalue weighted by Gasteiger charge is 2.19. The summed E-state index contributed by atoms with van der Waals surface area (Å²) in [5.74, 6) is 0. The van der Waals surface area contributed by atoms with E-state index in [2.05, 4.69) is 59.8 Å². The highest BCUT2D eigenvalue weighted by Crippen LogP contribution is 2.37. The molecule has 1 aliphatic heterocycles. The Morgan fingerprint density at radius 1 is 1.00 bits per heavy atom. The molecule has 2 aromatic rings. The summed E-state index contributed by atoms with van der Waals surface area (Å²) in [5.41, 5.74) is 4.19. The average molecular weight is 241 g/mol. The molecular formula is C15H15NS. The van der Waals surface area contributed by atoms with Crippen molar-refractivity contribution in [3.05, 3.63) is 59.7 Å². The standard InChI is InChI=1S/C15H15NS/c1-12-6-2-5-9-15(12)17-16-11-10-13-7-3-4-8-14(13)16/h2-9H,10-11H2,1H3. The number of hydrogen-bond donors (Lipinski definition) is 0. The molecule has 2 aromatic carbocycles. The maximum atomic E-state index is 2.40. The fraction of sp³-hybridized carbons (Fsp3) is 0.200. The van der Waals surface area contributed by atoms with Gasteiger partial charge in [0.25, 0.3) is 0 Å². The molecule has 1 nitrogen and oxygen atoms in total. The monoisotopic (exact) mass is 241 g/mol. The lowest BCUT2D eigenvalue weighted by Gasteiger charge is -2.18. The fourth-order valence-electron chi connectivity index (χ4n) is 2.18. The molecule has 0 unspecified atom stereocenters. The molecule has 1 aliphatic rings. The molecular weight excluding hydrogens is 226 g/mol. The van der Waals surface area contributed by atoms with Crippen LogP contribution in [0.5, 0.6) is 0 Å². The third-order valence-electron chi connectivity index (χ3n) is 3.15. The van der Waals surface area contributed by atoms with Crippen LogP contribution in [0.1, 0.15) is 11.1 Å². The Morgan fingerprint density at radius 2 is 1.76 bits per heavy atom. The first-order valence-corrected chi connectivity index (χ1v) is 6.71. The predicted molar refractivity (Wildman–Crippen MR) is 74.5 cm³/mol. The molecule has 0 radical (unpaired) electrons. The lowest BCUT2D eigenvalue weighted by Crippen LogP contribution is -2.10. The zero-order chi connectivity index (χ0) is 11.7. The van der Waals surface area contributed by atoms with Crippen molar-refractivity contribution in [1.82, 2.24) is 0 Å². The first-order valence-electron chi connectivity index (χ1n) is 5.93. The van der Waals surface area contributed by atoms with E-state index >= 15 is 0 Å². The zero-order valence-corrected chi connectivity index (χ0v) is 10.7. The van der Waals surface area contributed by atoms with Gasteiger partial charge in [0.2, 0.25) is 0 Å². The highest BCUT2D eigenvalue weighted by molar-refractivity contribution is 8.00. The summed E-state index contributed by atoms with van der Waals surface area (Å²) in [6.07, 6.45) is 1.16. The van der Waals surface area contributed by atoms with Crippen molar-refractivity contribution >= 4 is 17.6 Å². The van der Waals surface area contributed by atoms with E-state index in [4.69, 9.17) is 0 Å². The van der Waals surface area contributed by atoms with Gasteiger partial charge in [-0.3, -0.25) is 0 Å². The van der Waals surface area contributed by atoms with Crippen LogP contribution in [0.15, 0.2) is 53.4 Å². The summed E-state index contributed by atoms with van der Waals surface area (Å²) in [6.45, 7) is 3.28. The Kier molecular flexibility index (Phi) is 2.81. The van der Waals surface area contributed by atoms with E-state index in [1.165, 1.54) is 21.7 Å². The molecule has 0 saturated carbocycles. The van der Waals surface area contributed by atoms with Crippen LogP contribution < -0.4 is 4.31 Å². The lowest BCUT2D eigenvalue weighted by molar-refractivity contribution is 1.05. The smallest absolute Gasteiger partial charge is 0.0505 e. The second-order valence-electron chi connectivity index (χ2n) is 4.34.